The van der Waals surface area contributed by atoms with Crippen molar-refractivity contribution >= 4 is 17.2 Å². The molecule has 1 atom stereocenters. The van der Waals surface area contributed by atoms with Crippen molar-refractivity contribution in [1.82, 2.24) is 25.1 Å². The van der Waals surface area contributed by atoms with Crippen LogP contribution in [0.5, 0.6) is 0 Å². The standard InChI is InChI=1S/C12H12F3N5OS/c13-12(14,15)9-2-1-4-19(9)10(21)6-20-11(16-17-18-20)8-3-5-22-7-8/h3,5,7,9H,1-2,4,6H2/t9-/m0/s1. The fraction of sp³-hybridized carbons (Fsp3) is 0.500. The van der Waals surface area contributed by atoms with E-state index in [4.69, 9.17) is 0 Å². The normalized spacial score (nSPS) is 18.9. The van der Waals surface area contributed by atoms with Crippen molar-refractivity contribution in [2.75, 3.05) is 6.54 Å². The summed E-state index contributed by atoms with van der Waals surface area (Å²) in [5.74, 6) is -0.249. The van der Waals surface area contributed by atoms with Gasteiger partial charge >= 0.3 is 6.18 Å². The minimum Gasteiger partial charge on any atom is -0.329 e. The molecule has 118 valence electrons. The van der Waals surface area contributed by atoms with Crippen LogP contribution in [0.1, 0.15) is 12.8 Å². The number of hydrogen-bond acceptors (Lipinski definition) is 5. The maximum Gasteiger partial charge on any atom is 0.408 e. The van der Waals surface area contributed by atoms with Crippen molar-refractivity contribution in [3.63, 3.8) is 0 Å². The molecule has 1 fully saturated rings. The van der Waals surface area contributed by atoms with E-state index in [9.17, 15) is 18.0 Å². The summed E-state index contributed by atoms with van der Waals surface area (Å²) < 4.78 is 40.0. The molecule has 6 nitrogen and oxygen atoms in total. The zero-order chi connectivity index (χ0) is 15.7. The summed E-state index contributed by atoms with van der Waals surface area (Å²) in [7, 11) is 0. The summed E-state index contributed by atoms with van der Waals surface area (Å²) in [4.78, 5) is 13.1. The molecule has 1 amide bonds. The van der Waals surface area contributed by atoms with Gasteiger partial charge in [0, 0.05) is 17.5 Å². The maximum absolute atomic E-state index is 12.9. The van der Waals surface area contributed by atoms with Gasteiger partial charge in [-0.05, 0) is 34.7 Å². The average Bonchev–Trinajstić information content (AvgIpc) is 3.18. The highest BCUT2D eigenvalue weighted by Gasteiger charge is 2.47. The van der Waals surface area contributed by atoms with Gasteiger partial charge in [-0.2, -0.15) is 24.5 Å². The number of likely N-dealkylation sites (tertiary alicyclic amines) is 1. The van der Waals surface area contributed by atoms with Crippen molar-refractivity contribution in [1.29, 1.82) is 0 Å². The largest absolute Gasteiger partial charge is 0.408 e. The minimum absolute atomic E-state index is 0.0533. The summed E-state index contributed by atoms with van der Waals surface area (Å²) in [5, 5.41) is 14.7. The van der Waals surface area contributed by atoms with Gasteiger partial charge in [-0.3, -0.25) is 4.79 Å². The van der Waals surface area contributed by atoms with E-state index in [1.807, 2.05) is 5.38 Å². The Labute approximate surface area is 127 Å². The number of hydrogen-bond donors (Lipinski definition) is 0. The average molecular weight is 331 g/mol. The number of aromatic nitrogens is 4. The molecule has 2 aromatic rings. The predicted molar refractivity (Wildman–Crippen MR) is 71.9 cm³/mol. The molecule has 22 heavy (non-hydrogen) atoms. The zero-order valence-electron chi connectivity index (χ0n) is 11.3. The number of alkyl halides is 3. The zero-order valence-corrected chi connectivity index (χ0v) is 12.1. The highest BCUT2D eigenvalue weighted by atomic mass is 32.1. The van der Waals surface area contributed by atoms with E-state index < -0.39 is 18.1 Å². The number of nitrogens with zero attached hydrogens (tertiary/aromatic N) is 5. The SMILES string of the molecule is O=C(Cn1nnnc1-c1ccsc1)N1CCC[C@H]1C(F)(F)F. The fourth-order valence-electron chi connectivity index (χ4n) is 2.53. The number of carbonyl (C=O) groups is 1. The van der Waals surface area contributed by atoms with Crippen LogP contribution in [0.15, 0.2) is 16.8 Å². The Morgan fingerprint density at radius 2 is 2.27 bits per heavy atom. The molecule has 0 radical (unpaired) electrons. The van der Waals surface area contributed by atoms with Gasteiger partial charge in [0.1, 0.15) is 12.6 Å². The van der Waals surface area contributed by atoms with Gasteiger partial charge in [-0.25, -0.2) is 4.68 Å². The molecule has 1 aliphatic heterocycles. The van der Waals surface area contributed by atoms with Crippen molar-refractivity contribution in [3.05, 3.63) is 16.8 Å². The first kappa shape index (κ1) is 14.9. The smallest absolute Gasteiger partial charge is 0.329 e. The first-order valence-corrected chi connectivity index (χ1v) is 7.56. The van der Waals surface area contributed by atoms with E-state index >= 15 is 0 Å². The lowest BCUT2D eigenvalue weighted by Gasteiger charge is -2.26. The Hall–Kier alpha value is -1.97. The van der Waals surface area contributed by atoms with Crippen LogP contribution in [-0.2, 0) is 11.3 Å². The monoisotopic (exact) mass is 331 g/mol. The third-order valence-electron chi connectivity index (χ3n) is 3.55. The first-order chi connectivity index (χ1) is 10.5. The second-order valence-electron chi connectivity index (χ2n) is 4.96. The molecule has 0 saturated carbocycles. The van der Waals surface area contributed by atoms with Gasteiger partial charge in [0.15, 0.2) is 5.82 Å². The Morgan fingerprint density at radius 1 is 1.45 bits per heavy atom. The van der Waals surface area contributed by atoms with Crippen LogP contribution < -0.4 is 0 Å². The summed E-state index contributed by atoms with van der Waals surface area (Å²) in [6, 6.07) is 0.0761. The highest BCUT2D eigenvalue weighted by molar-refractivity contribution is 7.08. The summed E-state index contributed by atoms with van der Waals surface area (Å²) in [6.07, 6.45) is -4.10. The molecule has 0 unspecified atom stereocenters. The molecule has 0 bridgehead atoms. The molecule has 0 N–H and O–H groups in total. The summed E-state index contributed by atoms with van der Waals surface area (Å²) >= 11 is 1.44. The minimum atomic E-state index is -4.40. The molecular formula is C12H12F3N5OS. The van der Waals surface area contributed by atoms with E-state index in [1.54, 1.807) is 11.4 Å². The number of amides is 1. The van der Waals surface area contributed by atoms with Crippen LogP contribution in [0.3, 0.4) is 0 Å². The second kappa shape index (κ2) is 5.67. The van der Waals surface area contributed by atoms with Crippen LogP contribution in [-0.4, -0.2) is 49.8 Å². The topological polar surface area (TPSA) is 63.9 Å². The Balaban J connectivity index is 1.77. The van der Waals surface area contributed by atoms with Crippen LogP contribution in [0, 0.1) is 0 Å². The molecule has 1 aliphatic rings. The number of thiophene rings is 1. The molecule has 0 spiro atoms. The third kappa shape index (κ3) is 2.82. The lowest BCUT2D eigenvalue weighted by atomic mass is 10.2. The van der Waals surface area contributed by atoms with Gasteiger partial charge in [0.25, 0.3) is 0 Å². The van der Waals surface area contributed by atoms with E-state index in [0.717, 1.165) is 10.5 Å². The number of halogens is 3. The highest BCUT2D eigenvalue weighted by Crippen LogP contribution is 2.32. The van der Waals surface area contributed by atoms with Gasteiger partial charge in [0.05, 0.1) is 0 Å². The van der Waals surface area contributed by atoms with E-state index in [-0.39, 0.29) is 19.5 Å². The molecule has 0 aromatic carbocycles. The fourth-order valence-corrected chi connectivity index (χ4v) is 3.17. The number of rotatable bonds is 3. The van der Waals surface area contributed by atoms with Crippen LogP contribution in [0.2, 0.25) is 0 Å². The summed E-state index contributed by atoms with van der Waals surface area (Å²) in [6.45, 7) is -0.191. The molecule has 2 aromatic heterocycles. The Morgan fingerprint density at radius 3 is 2.95 bits per heavy atom. The van der Waals surface area contributed by atoms with Crippen LogP contribution in [0.4, 0.5) is 13.2 Å². The van der Waals surface area contributed by atoms with Crippen molar-refractivity contribution in [2.24, 2.45) is 0 Å². The van der Waals surface area contributed by atoms with Gasteiger partial charge in [-0.1, -0.05) is 0 Å². The van der Waals surface area contributed by atoms with Crippen LogP contribution >= 0.6 is 11.3 Å². The van der Waals surface area contributed by atoms with Gasteiger partial charge in [0.2, 0.25) is 5.91 Å². The lowest BCUT2D eigenvalue weighted by molar-refractivity contribution is -0.183. The van der Waals surface area contributed by atoms with E-state index in [1.165, 1.54) is 16.0 Å². The van der Waals surface area contributed by atoms with E-state index in [0.29, 0.717) is 12.2 Å². The molecular weight excluding hydrogens is 319 g/mol. The number of carbonyl (C=O) groups excluding carboxylic acids is 1. The lowest BCUT2D eigenvalue weighted by Crippen LogP contribution is -2.45. The van der Waals surface area contributed by atoms with Crippen LogP contribution in [0.25, 0.3) is 11.4 Å². The number of tetrazole rings is 1. The maximum atomic E-state index is 12.9. The van der Waals surface area contributed by atoms with E-state index in [2.05, 4.69) is 15.5 Å². The van der Waals surface area contributed by atoms with Crippen molar-refractivity contribution in [2.45, 2.75) is 31.6 Å². The first-order valence-electron chi connectivity index (χ1n) is 6.62. The molecule has 10 heteroatoms. The van der Waals surface area contributed by atoms with Gasteiger partial charge < -0.3 is 4.90 Å². The van der Waals surface area contributed by atoms with Gasteiger partial charge in [-0.15, -0.1) is 5.10 Å². The third-order valence-corrected chi connectivity index (χ3v) is 4.23. The Bertz CT molecular complexity index is 654. The molecule has 0 aliphatic carbocycles. The predicted octanol–water partition coefficient (Wildman–Crippen LogP) is 1.95. The molecule has 3 heterocycles. The summed E-state index contributed by atoms with van der Waals surface area (Å²) in [5.41, 5.74) is 0.733. The molecule has 3 rings (SSSR count). The van der Waals surface area contributed by atoms with Crippen molar-refractivity contribution in [3.8, 4) is 11.4 Å². The molecule has 1 saturated heterocycles. The quantitative estimate of drug-likeness (QED) is 0.862. The Kier molecular flexibility index (Phi) is 3.85. The van der Waals surface area contributed by atoms with Crippen molar-refractivity contribution < 1.29 is 18.0 Å². The second-order valence-corrected chi connectivity index (χ2v) is 5.74.